The van der Waals surface area contributed by atoms with Gasteiger partial charge < -0.3 is 5.73 Å². The van der Waals surface area contributed by atoms with Gasteiger partial charge in [0.25, 0.3) is 0 Å². The third-order valence-electron chi connectivity index (χ3n) is 3.75. The van der Waals surface area contributed by atoms with Crippen molar-refractivity contribution < 1.29 is 0 Å². The molecule has 1 fully saturated rings. The number of rotatable bonds is 4. The summed E-state index contributed by atoms with van der Waals surface area (Å²) >= 11 is 3.48. The average Bonchev–Trinajstić information content (AvgIpc) is 3.10. The van der Waals surface area contributed by atoms with Gasteiger partial charge in [-0.25, -0.2) is 4.98 Å². The van der Waals surface area contributed by atoms with Crippen LogP contribution < -0.4 is 5.73 Å². The summed E-state index contributed by atoms with van der Waals surface area (Å²) in [6.45, 7) is 4.14. The molecular weight excluding hydrogens is 274 g/mol. The van der Waals surface area contributed by atoms with Crippen molar-refractivity contribution in [3.05, 3.63) is 27.9 Å². The monoisotopic (exact) mass is 293 g/mol. The minimum atomic E-state index is 0.730. The molecule has 0 unspecified atom stereocenters. The van der Waals surface area contributed by atoms with Crippen molar-refractivity contribution in [2.75, 3.05) is 19.6 Å². The number of hydrogen-bond donors (Lipinski definition) is 1. The molecule has 0 atom stereocenters. The minimum Gasteiger partial charge on any atom is -0.330 e. The van der Waals surface area contributed by atoms with Gasteiger partial charge in [-0.05, 0) is 49.8 Å². The van der Waals surface area contributed by atoms with E-state index in [0.29, 0.717) is 0 Å². The number of nitrogens with zero attached hydrogens (tertiary/aromatic N) is 2. The zero-order valence-corrected chi connectivity index (χ0v) is 12.6. The largest absolute Gasteiger partial charge is 0.330 e. The summed E-state index contributed by atoms with van der Waals surface area (Å²) < 4.78 is 0. The zero-order valence-electron chi connectivity index (χ0n) is 10.9. The molecule has 102 valence electrons. The molecule has 2 aromatic heterocycles. The van der Waals surface area contributed by atoms with Crippen molar-refractivity contribution in [2.45, 2.75) is 19.4 Å². The first-order valence-electron chi connectivity index (χ1n) is 6.74. The van der Waals surface area contributed by atoms with E-state index in [9.17, 15) is 0 Å². The molecule has 19 heavy (non-hydrogen) atoms. The van der Waals surface area contributed by atoms with Gasteiger partial charge in [0.2, 0.25) is 0 Å². The van der Waals surface area contributed by atoms with E-state index in [2.05, 4.69) is 27.1 Å². The van der Waals surface area contributed by atoms with Crippen LogP contribution in [0.4, 0.5) is 0 Å². The van der Waals surface area contributed by atoms with Gasteiger partial charge in [0.1, 0.15) is 5.01 Å². The number of thiazole rings is 1. The maximum atomic E-state index is 5.73. The Labute approximate surface area is 122 Å². The van der Waals surface area contributed by atoms with Gasteiger partial charge >= 0.3 is 0 Å². The maximum absolute atomic E-state index is 5.73. The number of aromatic nitrogens is 1. The van der Waals surface area contributed by atoms with Crippen LogP contribution in [-0.2, 0) is 6.54 Å². The topological polar surface area (TPSA) is 42.1 Å². The second kappa shape index (κ2) is 6.13. The molecule has 0 aromatic carbocycles. The lowest BCUT2D eigenvalue weighted by Gasteiger charge is -2.30. The highest BCUT2D eigenvalue weighted by atomic mass is 32.1. The van der Waals surface area contributed by atoms with Gasteiger partial charge in [-0.15, -0.1) is 11.3 Å². The van der Waals surface area contributed by atoms with Crippen molar-refractivity contribution in [1.29, 1.82) is 0 Å². The van der Waals surface area contributed by atoms with Crippen LogP contribution in [0.5, 0.6) is 0 Å². The van der Waals surface area contributed by atoms with Crippen molar-refractivity contribution >= 4 is 22.7 Å². The Morgan fingerprint density at radius 3 is 2.84 bits per heavy atom. The van der Waals surface area contributed by atoms with E-state index >= 15 is 0 Å². The molecule has 1 aliphatic heterocycles. The maximum Gasteiger partial charge on any atom is 0.124 e. The highest BCUT2D eigenvalue weighted by Crippen LogP contribution is 2.26. The summed E-state index contributed by atoms with van der Waals surface area (Å²) in [5.74, 6) is 0.730. The minimum absolute atomic E-state index is 0.730. The molecule has 1 aliphatic rings. The van der Waals surface area contributed by atoms with Crippen LogP contribution in [0.15, 0.2) is 22.2 Å². The number of thiophene rings is 1. The molecule has 0 saturated carbocycles. The van der Waals surface area contributed by atoms with Crippen molar-refractivity contribution in [1.82, 2.24) is 9.88 Å². The summed E-state index contributed by atoms with van der Waals surface area (Å²) in [4.78, 5) is 7.24. The first-order valence-corrected chi connectivity index (χ1v) is 8.57. The van der Waals surface area contributed by atoms with E-state index in [-0.39, 0.29) is 0 Å². The fraction of sp³-hybridized carbons (Fsp3) is 0.500. The van der Waals surface area contributed by atoms with Crippen LogP contribution in [0, 0.1) is 5.92 Å². The first kappa shape index (κ1) is 13.2. The standard InChI is InChI=1S/C14H19N3S2/c15-7-11-1-4-17(5-2-11)8-13-10-19-14(16-13)12-3-6-18-9-12/h3,6,9-11H,1-2,4-5,7-8,15H2. The van der Waals surface area contributed by atoms with E-state index in [1.54, 1.807) is 22.7 Å². The second-order valence-corrected chi connectivity index (χ2v) is 6.75. The third-order valence-corrected chi connectivity index (χ3v) is 5.37. The van der Waals surface area contributed by atoms with Gasteiger partial charge in [0.15, 0.2) is 0 Å². The van der Waals surface area contributed by atoms with Gasteiger partial charge in [0, 0.05) is 22.9 Å². The lowest BCUT2D eigenvalue weighted by atomic mass is 9.97. The van der Waals surface area contributed by atoms with Crippen LogP contribution in [0.3, 0.4) is 0 Å². The van der Waals surface area contributed by atoms with Crippen LogP contribution in [-0.4, -0.2) is 29.5 Å². The Bertz CT molecular complexity index is 499. The predicted molar refractivity (Wildman–Crippen MR) is 82.5 cm³/mol. The van der Waals surface area contributed by atoms with Crippen LogP contribution in [0.1, 0.15) is 18.5 Å². The molecule has 0 aliphatic carbocycles. The fourth-order valence-electron chi connectivity index (χ4n) is 2.51. The van der Waals surface area contributed by atoms with Crippen LogP contribution in [0.25, 0.3) is 10.6 Å². The number of nitrogens with two attached hydrogens (primary N) is 1. The van der Waals surface area contributed by atoms with E-state index in [1.807, 2.05) is 0 Å². The Hall–Kier alpha value is -0.750. The van der Waals surface area contributed by atoms with E-state index < -0.39 is 0 Å². The Morgan fingerprint density at radius 1 is 1.32 bits per heavy atom. The van der Waals surface area contributed by atoms with Crippen molar-refractivity contribution in [2.24, 2.45) is 11.7 Å². The summed E-state index contributed by atoms with van der Waals surface area (Å²) in [7, 11) is 0. The average molecular weight is 293 g/mol. The van der Waals surface area contributed by atoms with Gasteiger partial charge in [-0.1, -0.05) is 0 Å². The molecule has 3 heterocycles. The summed E-state index contributed by atoms with van der Waals surface area (Å²) in [5.41, 5.74) is 8.19. The molecular formula is C14H19N3S2. The number of piperidine rings is 1. The molecule has 5 heteroatoms. The molecule has 2 N–H and O–H groups in total. The fourth-order valence-corrected chi connectivity index (χ4v) is 4.03. The summed E-state index contributed by atoms with van der Waals surface area (Å²) in [6.07, 6.45) is 2.47. The van der Waals surface area contributed by atoms with Crippen molar-refractivity contribution in [3.8, 4) is 10.6 Å². The lowest BCUT2D eigenvalue weighted by molar-refractivity contribution is 0.179. The molecule has 0 radical (unpaired) electrons. The van der Waals surface area contributed by atoms with E-state index in [4.69, 9.17) is 10.7 Å². The smallest absolute Gasteiger partial charge is 0.124 e. The molecule has 0 bridgehead atoms. The number of hydrogen-bond acceptors (Lipinski definition) is 5. The highest BCUT2D eigenvalue weighted by molar-refractivity contribution is 7.14. The van der Waals surface area contributed by atoms with Gasteiger partial charge in [-0.2, -0.15) is 11.3 Å². The Kier molecular flexibility index (Phi) is 4.28. The molecule has 3 nitrogen and oxygen atoms in total. The highest BCUT2D eigenvalue weighted by Gasteiger charge is 2.18. The number of likely N-dealkylation sites (tertiary alicyclic amines) is 1. The zero-order chi connectivity index (χ0) is 13.1. The SMILES string of the molecule is NCC1CCN(Cc2csc(-c3ccsc3)n2)CC1. The van der Waals surface area contributed by atoms with Gasteiger partial charge in [0.05, 0.1) is 5.69 Å². The Morgan fingerprint density at radius 2 is 2.16 bits per heavy atom. The van der Waals surface area contributed by atoms with Crippen LogP contribution in [0.2, 0.25) is 0 Å². The molecule has 2 aromatic rings. The van der Waals surface area contributed by atoms with Crippen LogP contribution >= 0.6 is 22.7 Å². The quantitative estimate of drug-likeness (QED) is 0.942. The summed E-state index contributed by atoms with van der Waals surface area (Å²) in [6, 6.07) is 2.14. The lowest BCUT2D eigenvalue weighted by Crippen LogP contribution is -2.35. The molecule has 3 rings (SSSR count). The third kappa shape index (κ3) is 3.23. The van der Waals surface area contributed by atoms with E-state index in [1.165, 1.54) is 24.1 Å². The first-order chi connectivity index (χ1) is 9.35. The second-order valence-electron chi connectivity index (χ2n) is 5.11. The summed E-state index contributed by atoms with van der Waals surface area (Å²) in [5, 5.41) is 7.61. The molecule has 0 amide bonds. The van der Waals surface area contributed by atoms with E-state index in [0.717, 1.165) is 37.1 Å². The van der Waals surface area contributed by atoms with Crippen molar-refractivity contribution in [3.63, 3.8) is 0 Å². The Balaban J connectivity index is 1.59. The molecule has 1 saturated heterocycles. The normalized spacial score (nSPS) is 17.9. The predicted octanol–water partition coefficient (Wildman–Crippen LogP) is 3.04. The molecule has 0 spiro atoms. The van der Waals surface area contributed by atoms with Gasteiger partial charge in [-0.3, -0.25) is 4.90 Å².